The minimum atomic E-state index is 0.432. The van der Waals surface area contributed by atoms with E-state index in [1.807, 2.05) is 0 Å². The quantitative estimate of drug-likeness (QED) is 0.159. The van der Waals surface area contributed by atoms with Gasteiger partial charge < -0.3 is 16.2 Å². The molecule has 34 heavy (non-hydrogen) atoms. The maximum atomic E-state index is 5.43. The highest BCUT2D eigenvalue weighted by atomic mass is 15.3. The second kappa shape index (κ2) is 10.7. The Morgan fingerprint density at radius 3 is 2.12 bits per heavy atom. The van der Waals surface area contributed by atoms with Crippen LogP contribution >= 0.6 is 0 Å². The Labute approximate surface area is 202 Å². The van der Waals surface area contributed by atoms with Crippen molar-refractivity contribution in [3.05, 3.63) is 65.4 Å². The van der Waals surface area contributed by atoms with Gasteiger partial charge in [-0.1, -0.05) is 66.1 Å². The molecule has 1 aliphatic heterocycles. The number of unbranched alkanes of at least 4 members (excludes halogenated alkanes) is 1. The molecule has 0 saturated carbocycles. The molecule has 7 nitrogen and oxygen atoms in total. The summed E-state index contributed by atoms with van der Waals surface area (Å²) >= 11 is 0. The first-order valence-electron chi connectivity index (χ1n) is 12.0. The molecule has 0 spiro atoms. The lowest BCUT2D eigenvalue weighted by atomic mass is 9.96. The van der Waals surface area contributed by atoms with Crippen LogP contribution in [0.3, 0.4) is 0 Å². The van der Waals surface area contributed by atoms with Crippen LogP contribution in [0, 0.1) is 13.8 Å². The molecular weight excluding hydrogens is 422 g/mol. The Kier molecular flexibility index (Phi) is 7.43. The van der Waals surface area contributed by atoms with Crippen LogP contribution in [0.15, 0.2) is 53.6 Å². The van der Waals surface area contributed by atoms with Gasteiger partial charge in [-0.2, -0.15) is 5.10 Å². The number of aryl methyl sites for hydroxylation is 3. The van der Waals surface area contributed by atoms with E-state index in [2.05, 4.69) is 84.9 Å². The summed E-state index contributed by atoms with van der Waals surface area (Å²) in [5.74, 6) is 12.4. The number of hydrazone groups is 1. The average Bonchev–Trinajstić information content (AvgIpc) is 2.86. The van der Waals surface area contributed by atoms with Gasteiger partial charge in [0.2, 0.25) is 0 Å². The van der Waals surface area contributed by atoms with Gasteiger partial charge in [-0.3, -0.25) is 0 Å². The van der Waals surface area contributed by atoms with E-state index in [0.29, 0.717) is 11.9 Å². The number of anilines is 1. The Hall–Kier alpha value is -3.45. The summed E-state index contributed by atoms with van der Waals surface area (Å²) in [6.45, 7) is 4.21. The van der Waals surface area contributed by atoms with E-state index < -0.39 is 0 Å². The molecular formula is C27H35N7. The molecule has 178 valence electrons. The molecule has 0 saturated heterocycles. The van der Waals surface area contributed by atoms with E-state index in [1.54, 1.807) is 0 Å². The van der Waals surface area contributed by atoms with Gasteiger partial charge in [0.05, 0.1) is 17.1 Å². The topological polar surface area (TPSA) is 105 Å². The van der Waals surface area contributed by atoms with Crippen LogP contribution in [-0.4, -0.2) is 28.9 Å². The number of amidine groups is 1. The lowest BCUT2D eigenvalue weighted by molar-refractivity contribution is 0.488. The van der Waals surface area contributed by atoms with E-state index in [9.17, 15) is 0 Å². The fourth-order valence-corrected chi connectivity index (χ4v) is 4.59. The van der Waals surface area contributed by atoms with Crippen LogP contribution in [0.2, 0.25) is 0 Å². The van der Waals surface area contributed by atoms with Gasteiger partial charge in [-0.05, 0) is 39.5 Å². The highest BCUT2D eigenvalue weighted by molar-refractivity contribution is 5.81. The summed E-state index contributed by atoms with van der Waals surface area (Å²) in [7, 11) is 2.15. The van der Waals surface area contributed by atoms with E-state index in [1.165, 1.54) is 11.1 Å². The van der Waals surface area contributed by atoms with E-state index in [0.717, 1.165) is 72.6 Å². The second-order valence-corrected chi connectivity index (χ2v) is 9.19. The summed E-state index contributed by atoms with van der Waals surface area (Å²) in [6, 6.07) is 17.6. The smallest absolute Gasteiger partial charge is 0.151 e. The first-order valence-corrected chi connectivity index (χ1v) is 12.0. The van der Waals surface area contributed by atoms with Crippen molar-refractivity contribution < 1.29 is 0 Å². The van der Waals surface area contributed by atoms with Gasteiger partial charge in [0, 0.05) is 30.6 Å². The molecule has 4 rings (SSSR count). The summed E-state index contributed by atoms with van der Waals surface area (Å²) in [5.41, 5.74) is 10.2. The Morgan fingerprint density at radius 2 is 1.56 bits per heavy atom. The standard InChI is InChI=1S/C27H35N7/c1-18-8-12-20(13-9-18)25-26(21-14-10-19(2)11-15-21)31-27-23(30-25)17-16-22(34(27)3)6-4-5-7-24(32-28)33-29/h8-15,22H,4-7,16-17,28-29H2,1-3H3,(H,32,33). The molecule has 7 heteroatoms. The zero-order valence-electron chi connectivity index (χ0n) is 20.4. The Bertz CT molecular complexity index is 1140. The Balaban J connectivity index is 1.62. The largest absolute Gasteiger partial charge is 0.355 e. The number of benzene rings is 2. The van der Waals surface area contributed by atoms with Crippen LogP contribution in [0.1, 0.15) is 48.9 Å². The molecule has 2 heterocycles. The number of hydrogen-bond acceptors (Lipinski definition) is 6. The fourth-order valence-electron chi connectivity index (χ4n) is 4.59. The van der Waals surface area contributed by atoms with Gasteiger partial charge in [0.1, 0.15) is 5.84 Å². The lowest BCUT2D eigenvalue weighted by Gasteiger charge is -2.35. The number of aromatic nitrogens is 2. The molecule has 1 aromatic heterocycles. The number of nitrogens with two attached hydrogens (primary N) is 2. The summed E-state index contributed by atoms with van der Waals surface area (Å²) in [6.07, 6.45) is 5.92. The number of fused-ring (bicyclic) bond motifs is 1. The van der Waals surface area contributed by atoms with Crippen molar-refractivity contribution >= 4 is 11.7 Å². The molecule has 0 amide bonds. The number of nitrogens with one attached hydrogen (secondary N) is 1. The molecule has 0 fully saturated rings. The van der Waals surface area contributed by atoms with Crippen molar-refractivity contribution in [1.29, 1.82) is 0 Å². The SMILES string of the molecule is Cc1ccc(-c2nc3c(nc2-c2ccc(C)cc2)N(C)C(CCCC/C(=N/N)NN)CC3)cc1. The predicted octanol–water partition coefficient (Wildman–Crippen LogP) is 4.47. The summed E-state index contributed by atoms with van der Waals surface area (Å²) < 4.78 is 0. The van der Waals surface area contributed by atoms with Crippen molar-refractivity contribution in [1.82, 2.24) is 15.4 Å². The maximum absolute atomic E-state index is 5.43. The van der Waals surface area contributed by atoms with Crippen molar-refractivity contribution in [3.8, 4) is 22.5 Å². The van der Waals surface area contributed by atoms with Gasteiger partial charge in [-0.15, -0.1) is 0 Å². The minimum absolute atomic E-state index is 0.432. The molecule has 0 bridgehead atoms. The molecule has 5 N–H and O–H groups in total. The number of hydrogen-bond donors (Lipinski definition) is 3. The van der Waals surface area contributed by atoms with Crippen molar-refractivity contribution in [2.45, 2.75) is 58.4 Å². The highest BCUT2D eigenvalue weighted by Gasteiger charge is 2.27. The van der Waals surface area contributed by atoms with Crippen LogP contribution in [0.5, 0.6) is 0 Å². The third-order valence-electron chi connectivity index (χ3n) is 6.72. The van der Waals surface area contributed by atoms with Gasteiger partial charge >= 0.3 is 0 Å². The molecule has 0 aliphatic carbocycles. The van der Waals surface area contributed by atoms with E-state index in [4.69, 9.17) is 21.7 Å². The van der Waals surface area contributed by atoms with Gasteiger partial charge in [0.15, 0.2) is 5.82 Å². The molecule has 3 aromatic rings. The van der Waals surface area contributed by atoms with Crippen LogP contribution in [0.4, 0.5) is 5.82 Å². The summed E-state index contributed by atoms with van der Waals surface area (Å²) in [5, 5.41) is 3.67. The third kappa shape index (κ3) is 5.20. The zero-order valence-corrected chi connectivity index (χ0v) is 20.4. The molecule has 1 atom stereocenters. The zero-order chi connectivity index (χ0) is 24.1. The first-order chi connectivity index (χ1) is 16.5. The number of nitrogens with zero attached hydrogens (tertiary/aromatic N) is 4. The second-order valence-electron chi connectivity index (χ2n) is 9.19. The van der Waals surface area contributed by atoms with Gasteiger partial charge in [0.25, 0.3) is 0 Å². The summed E-state index contributed by atoms with van der Waals surface area (Å²) in [4.78, 5) is 12.7. The van der Waals surface area contributed by atoms with Crippen molar-refractivity contribution in [2.24, 2.45) is 16.8 Å². The Morgan fingerprint density at radius 1 is 0.971 bits per heavy atom. The van der Waals surface area contributed by atoms with E-state index in [-0.39, 0.29) is 0 Å². The van der Waals surface area contributed by atoms with E-state index >= 15 is 0 Å². The highest BCUT2D eigenvalue weighted by Crippen LogP contribution is 2.36. The normalized spacial score (nSPS) is 15.8. The molecule has 1 aliphatic rings. The predicted molar refractivity (Wildman–Crippen MR) is 140 cm³/mol. The van der Waals surface area contributed by atoms with Crippen LogP contribution in [-0.2, 0) is 6.42 Å². The molecule has 0 radical (unpaired) electrons. The van der Waals surface area contributed by atoms with Gasteiger partial charge in [-0.25, -0.2) is 15.8 Å². The first kappa shape index (κ1) is 23.7. The number of rotatable bonds is 7. The molecule has 1 unspecified atom stereocenters. The van der Waals surface area contributed by atoms with Crippen LogP contribution in [0.25, 0.3) is 22.5 Å². The fraction of sp³-hybridized carbons (Fsp3) is 0.370. The van der Waals surface area contributed by atoms with Crippen molar-refractivity contribution in [2.75, 3.05) is 11.9 Å². The lowest BCUT2D eigenvalue weighted by Crippen LogP contribution is -2.37. The maximum Gasteiger partial charge on any atom is 0.151 e. The van der Waals surface area contributed by atoms with Crippen LogP contribution < -0.4 is 22.0 Å². The number of hydrazine groups is 1. The average molecular weight is 458 g/mol. The molecule has 2 aromatic carbocycles. The monoisotopic (exact) mass is 457 g/mol. The minimum Gasteiger partial charge on any atom is -0.355 e. The van der Waals surface area contributed by atoms with Crippen molar-refractivity contribution in [3.63, 3.8) is 0 Å². The third-order valence-corrected chi connectivity index (χ3v) is 6.72.